The number of carbonyl (C=O) groups excluding carboxylic acids is 2. The Morgan fingerprint density at radius 3 is 3.05 bits per heavy atom. The number of hydrogen-bond acceptors (Lipinski definition) is 6. The summed E-state index contributed by atoms with van der Waals surface area (Å²) in [6.07, 6.45) is 0.891. The fourth-order valence-corrected chi connectivity index (χ4v) is 1.91. The van der Waals surface area contributed by atoms with Gasteiger partial charge >= 0.3 is 5.97 Å². The average molecular weight is 265 g/mol. The fraction of sp³-hybridized carbons (Fsp3) is 0.417. The van der Waals surface area contributed by atoms with Crippen LogP contribution in [0.4, 0.5) is 5.69 Å². The minimum Gasteiger partial charge on any atom is -0.467 e. The molecule has 0 radical (unpaired) electrons. The van der Waals surface area contributed by atoms with Crippen molar-refractivity contribution in [3.05, 3.63) is 24.0 Å². The topological polar surface area (TPSA) is 94.8 Å². The Morgan fingerprint density at radius 1 is 1.58 bits per heavy atom. The van der Waals surface area contributed by atoms with E-state index < -0.39 is 18.0 Å². The molecule has 7 nitrogen and oxygen atoms in total. The second-order valence-corrected chi connectivity index (χ2v) is 4.09. The molecule has 0 aliphatic carbocycles. The Labute approximate surface area is 110 Å². The highest BCUT2D eigenvalue weighted by molar-refractivity contribution is 5.91. The van der Waals surface area contributed by atoms with Crippen molar-refractivity contribution >= 4 is 17.6 Å². The maximum atomic E-state index is 11.5. The van der Waals surface area contributed by atoms with Crippen LogP contribution in [0, 0.1) is 0 Å². The molecular formula is C12H15N3O4. The van der Waals surface area contributed by atoms with Crippen LogP contribution in [0.5, 0.6) is 0 Å². The molecule has 1 saturated heterocycles. The van der Waals surface area contributed by atoms with Gasteiger partial charge in [-0.2, -0.15) is 0 Å². The van der Waals surface area contributed by atoms with E-state index in [9.17, 15) is 9.59 Å². The highest BCUT2D eigenvalue weighted by Gasteiger charge is 2.27. The van der Waals surface area contributed by atoms with Crippen LogP contribution in [0.2, 0.25) is 0 Å². The zero-order valence-electron chi connectivity index (χ0n) is 10.5. The number of rotatable bonds is 3. The van der Waals surface area contributed by atoms with Gasteiger partial charge in [-0.3, -0.25) is 9.78 Å². The van der Waals surface area contributed by atoms with E-state index in [1.807, 2.05) is 4.90 Å². The molecule has 0 bridgehead atoms. The van der Waals surface area contributed by atoms with E-state index in [-0.39, 0.29) is 5.69 Å². The minimum atomic E-state index is -0.621. The first-order valence-electron chi connectivity index (χ1n) is 5.82. The smallest absolute Gasteiger partial charge is 0.336 e. The molecule has 1 aromatic rings. The molecule has 1 aromatic heterocycles. The summed E-state index contributed by atoms with van der Waals surface area (Å²) in [5.41, 5.74) is 6.16. The average Bonchev–Trinajstić information content (AvgIpc) is 2.46. The number of morpholine rings is 1. The normalized spacial score (nSPS) is 19.0. The van der Waals surface area contributed by atoms with Crippen LogP contribution >= 0.6 is 0 Å². The van der Waals surface area contributed by atoms with Crippen molar-refractivity contribution in [1.29, 1.82) is 0 Å². The predicted octanol–water partition coefficient (Wildman–Crippen LogP) is -0.441. The van der Waals surface area contributed by atoms with Crippen molar-refractivity contribution in [2.75, 3.05) is 31.7 Å². The number of hydrogen-bond donors (Lipinski definition) is 1. The maximum absolute atomic E-state index is 11.5. The van der Waals surface area contributed by atoms with E-state index in [1.54, 1.807) is 12.1 Å². The van der Waals surface area contributed by atoms with Crippen molar-refractivity contribution < 1.29 is 19.1 Å². The highest BCUT2D eigenvalue weighted by Crippen LogP contribution is 2.18. The molecule has 2 N–H and O–H groups in total. The van der Waals surface area contributed by atoms with Crippen LogP contribution < -0.4 is 10.6 Å². The van der Waals surface area contributed by atoms with Crippen LogP contribution in [-0.4, -0.2) is 49.8 Å². The summed E-state index contributed by atoms with van der Waals surface area (Å²) in [5.74, 6) is -0.992. The number of carbonyl (C=O) groups is 2. The van der Waals surface area contributed by atoms with Crippen molar-refractivity contribution in [2.24, 2.45) is 5.73 Å². The molecule has 1 aliphatic heterocycles. The summed E-state index contributed by atoms with van der Waals surface area (Å²) in [6.45, 7) is 1.40. The van der Waals surface area contributed by atoms with Crippen molar-refractivity contribution in [2.45, 2.75) is 6.10 Å². The molecule has 0 aromatic carbocycles. The zero-order valence-corrected chi connectivity index (χ0v) is 10.5. The Hall–Kier alpha value is -2.15. The minimum absolute atomic E-state index is 0.193. The quantitative estimate of drug-likeness (QED) is 0.744. The van der Waals surface area contributed by atoms with Crippen molar-refractivity contribution in [1.82, 2.24) is 4.98 Å². The lowest BCUT2D eigenvalue weighted by molar-refractivity contribution is -0.154. The fourth-order valence-electron chi connectivity index (χ4n) is 1.91. The Kier molecular flexibility index (Phi) is 3.96. The molecule has 0 saturated carbocycles. The van der Waals surface area contributed by atoms with Crippen LogP contribution in [0.15, 0.2) is 18.3 Å². The van der Waals surface area contributed by atoms with Gasteiger partial charge in [0.25, 0.3) is 5.91 Å². The third-order valence-corrected chi connectivity index (χ3v) is 2.89. The van der Waals surface area contributed by atoms with Gasteiger partial charge < -0.3 is 20.1 Å². The van der Waals surface area contributed by atoms with Gasteiger partial charge in [-0.1, -0.05) is 0 Å². The molecule has 1 amide bonds. The largest absolute Gasteiger partial charge is 0.467 e. The number of ether oxygens (including phenoxy) is 2. The summed E-state index contributed by atoms with van der Waals surface area (Å²) >= 11 is 0. The van der Waals surface area contributed by atoms with Gasteiger partial charge in [0, 0.05) is 18.4 Å². The predicted molar refractivity (Wildman–Crippen MR) is 66.7 cm³/mol. The molecule has 1 atom stereocenters. The van der Waals surface area contributed by atoms with E-state index >= 15 is 0 Å². The first kappa shape index (κ1) is 13.3. The first-order chi connectivity index (χ1) is 9.11. The van der Waals surface area contributed by atoms with Gasteiger partial charge in [0.15, 0.2) is 6.10 Å². The number of amides is 1. The van der Waals surface area contributed by atoms with E-state index in [0.717, 1.165) is 5.69 Å². The van der Waals surface area contributed by atoms with Gasteiger partial charge in [0.2, 0.25) is 0 Å². The second-order valence-electron chi connectivity index (χ2n) is 4.09. The van der Waals surface area contributed by atoms with Gasteiger partial charge in [-0.05, 0) is 12.1 Å². The van der Waals surface area contributed by atoms with Crippen LogP contribution in [0.3, 0.4) is 0 Å². The van der Waals surface area contributed by atoms with Crippen LogP contribution in [0.25, 0.3) is 0 Å². The number of pyridine rings is 1. The monoisotopic (exact) mass is 265 g/mol. The number of methoxy groups -OCH3 is 1. The lowest BCUT2D eigenvalue weighted by Gasteiger charge is -2.33. The number of anilines is 1. The third-order valence-electron chi connectivity index (χ3n) is 2.89. The molecule has 1 aliphatic rings. The highest BCUT2D eigenvalue weighted by atomic mass is 16.6. The number of nitrogens with zero attached hydrogens (tertiary/aromatic N) is 2. The SMILES string of the molecule is COC(=O)C1CN(c2ccnc(C(N)=O)c2)CCO1. The Balaban J connectivity index is 2.15. The molecular weight excluding hydrogens is 250 g/mol. The van der Waals surface area contributed by atoms with Crippen molar-refractivity contribution in [3.63, 3.8) is 0 Å². The number of aromatic nitrogens is 1. The number of primary amides is 1. The molecule has 7 heteroatoms. The Morgan fingerprint density at radius 2 is 2.37 bits per heavy atom. The number of esters is 1. The molecule has 2 heterocycles. The summed E-state index contributed by atoms with van der Waals surface area (Å²) in [7, 11) is 1.32. The van der Waals surface area contributed by atoms with Gasteiger partial charge in [-0.25, -0.2) is 4.79 Å². The molecule has 102 valence electrons. The Bertz CT molecular complexity index is 492. The van der Waals surface area contributed by atoms with Gasteiger partial charge in [0.1, 0.15) is 5.69 Å². The van der Waals surface area contributed by atoms with E-state index in [1.165, 1.54) is 13.3 Å². The summed E-state index contributed by atoms with van der Waals surface area (Å²) in [6, 6.07) is 3.36. The molecule has 2 rings (SSSR count). The third kappa shape index (κ3) is 3.00. The number of nitrogens with two attached hydrogens (primary N) is 1. The standard InChI is InChI=1S/C12H15N3O4/c1-18-12(17)10-7-15(4-5-19-10)8-2-3-14-9(6-8)11(13)16/h2-3,6,10H,4-5,7H2,1H3,(H2,13,16). The van der Waals surface area contributed by atoms with Gasteiger partial charge in [-0.15, -0.1) is 0 Å². The zero-order chi connectivity index (χ0) is 13.8. The summed E-state index contributed by atoms with van der Waals surface area (Å²) in [5, 5.41) is 0. The van der Waals surface area contributed by atoms with Crippen LogP contribution in [-0.2, 0) is 14.3 Å². The van der Waals surface area contributed by atoms with Crippen LogP contribution in [0.1, 0.15) is 10.5 Å². The van der Waals surface area contributed by atoms with Crippen molar-refractivity contribution in [3.8, 4) is 0 Å². The molecule has 1 unspecified atom stereocenters. The van der Waals surface area contributed by atoms with Gasteiger partial charge in [0.05, 0.1) is 20.3 Å². The van der Waals surface area contributed by atoms with E-state index in [0.29, 0.717) is 19.7 Å². The molecule has 1 fully saturated rings. The van der Waals surface area contributed by atoms with E-state index in [4.69, 9.17) is 10.5 Å². The lowest BCUT2D eigenvalue weighted by Crippen LogP contribution is -2.46. The molecule has 0 spiro atoms. The first-order valence-corrected chi connectivity index (χ1v) is 5.82. The second kappa shape index (κ2) is 5.66. The summed E-state index contributed by atoms with van der Waals surface area (Å²) < 4.78 is 10.00. The van der Waals surface area contributed by atoms with E-state index in [2.05, 4.69) is 9.72 Å². The molecule has 19 heavy (non-hydrogen) atoms. The summed E-state index contributed by atoms with van der Waals surface area (Å²) in [4.78, 5) is 28.4. The maximum Gasteiger partial charge on any atom is 0.336 e. The lowest BCUT2D eigenvalue weighted by atomic mass is 10.2.